The summed E-state index contributed by atoms with van der Waals surface area (Å²) in [5, 5.41) is 17.9. The molecule has 1 unspecified atom stereocenters. The molecule has 16 heavy (non-hydrogen) atoms. The smallest absolute Gasteiger partial charge is 0.147 e. The molecule has 1 fully saturated rings. The Morgan fingerprint density at radius 1 is 1.38 bits per heavy atom. The summed E-state index contributed by atoms with van der Waals surface area (Å²) >= 11 is 0. The fraction of sp³-hybridized carbons (Fsp3) is 0.600. The summed E-state index contributed by atoms with van der Waals surface area (Å²) in [4.78, 5) is 10.3. The Balaban J connectivity index is 2.05. The number of aliphatic hydroxyl groups is 2. The van der Waals surface area contributed by atoms with E-state index in [9.17, 15) is 0 Å². The first-order valence-electron chi connectivity index (χ1n) is 5.22. The van der Waals surface area contributed by atoms with Gasteiger partial charge in [0.25, 0.3) is 0 Å². The molecule has 0 radical (unpaired) electrons. The van der Waals surface area contributed by atoms with E-state index in [2.05, 4.69) is 9.97 Å². The third kappa shape index (κ3) is 2.46. The molecule has 1 saturated heterocycles. The van der Waals surface area contributed by atoms with Gasteiger partial charge in [0, 0.05) is 13.1 Å². The summed E-state index contributed by atoms with van der Waals surface area (Å²) in [7, 11) is 0. The zero-order valence-electron chi connectivity index (χ0n) is 8.91. The number of hydrogen-bond donors (Lipinski definition) is 2. The van der Waals surface area contributed by atoms with Gasteiger partial charge in [0.2, 0.25) is 0 Å². The Morgan fingerprint density at radius 2 is 2.25 bits per heavy atom. The molecule has 2 rings (SSSR count). The molecule has 0 bridgehead atoms. The van der Waals surface area contributed by atoms with Crippen LogP contribution in [-0.2, 0) is 11.3 Å². The standard InChI is InChI=1S/C10H15N3O3/c14-6-8-3-12-10(4-11-8)13-1-2-16-9(5-13)7-15/h3-4,9,14-15H,1-2,5-7H2. The summed E-state index contributed by atoms with van der Waals surface area (Å²) in [6.07, 6.45) is 3.03. The van der Waals surface area contributed by atoms with Crippen molar-refractivity contribution in [1.82, 2.24) is 9.97 Å². The highest BCUT2D eigenvalue weighted by Gasteiger charge is 2.20. The lowest BCUT2D eigenvalue weighted by atomic mass is 10.3. The van der Waals surface area contributed by atoms with Crippen LogP contribution in [0.3, 0.4) is 0 Å². The van der Waals surface area contributed by atoms with E-state index in [0.717, 1.165) is 12.4 Å². The van der Waals surface area contributed by atoms with Crippen molar-refractivity contribution in [3.63, 3.8) is 0 Å². The minimum absolute atomic E-state index is 0.0126. The van der Waals surface area contributed by atoms with Crippen LogP contribution in [0.2, 0.25) is 0 Å². The molecule has 0 saturated carbocycles. The van der Waals surface area contributed by atoms with Gasteiger partial charge in [-0.2, -0.15) is 0 Å². The molecule has 0 spiro atoms. The highest BCUT2D eigenvalue weighted by Crippen LogP contribution is 2.13. The monoisotopic (exact) mass is 225 g/mol. The first-order valence-corrected chi connectivity index (χ1v) is 5.22. The molecule has 6 nitrogen and oxygen atoms in total. The van der Waals surface area contributed by atoms with E-state index < -0.39 is 0 Å². The number of ether oxygens (including phenoxy) is 1. The van der Waals surface area contributed by atoms with Gasteiger partial charge in [0.1, 0.15) is 5.82 Å². The third-order valence-electron chi connectivity index (χ3n) is 2.52. The van der Waals surface area contributed by atoms with E-state index in [4.69, 9.17) is 14.9 Å². The summed E-state index contributed by atoms with van der Waals surface area (Å²) in [6.45, 7) is 1.84. The van der Waals surface area contributed by atoms with Gasteiger partial charge >= 0.3 is 0 Å². The maximum atomic E-state index is 9.02. The fourth-order valence-electron chi connectivity index (χ4n) is 1.63. The highest BCUT2D eigenvalue weighted by molar-refractivity contribution is 5.36. The van der Waals surface area contributed by atoms with Gasteiger partial charge in [-0.05, 0) is 0 Å². The number of aliphatic hydroxyl groups excluding tert-OH is 2. The van der Waals surface area contributed by atoms with Crippen molar-refractivity contribution in [2.24, 2.45) is 0 Å². The largest absolute Gasteiger partial charge is 0.394 e. The normalized spacial score (nSPS) is 21.1. The molecular formula is C10H15N3O3. The summed E-state index contributed by atoms with van der Waals surface area (Å²) in [5.41, 5.74) is 0.552. The lowest BCUT2D eigenvalue weighted by Crippen LogP contribution is -2.44. The molecule has 1 aliphatic rings. The molecule has 0 aromatic carbocycles. The molecule has 2 heterocycles. The molecule has 0 aliphatic carbocycles. The van der Waals surface area contributed by atoms with Gasteiger partial charge in [0.05, 0.1) is 44.0 Å². The first-order chi connectivity index (χ1) is 7.83. The Bertz CT molecular complexity index is 331. The Morgan fingerprint density at radius 3 is 2.88 bits per heavy atom. The maximum Gasteiger partial charge on any atom is 0.147 e. The molecule has 88 valence electrons. The van der Waals surface area contributed by atoms with Crippen LogP contribution < -0.4 is 4.90 Å². The molecule has 1 aliphatic heterocycles. The number of rotatable bonds is 3. The average Bonchev–Trinajstić information content (AvgIpc) is 2.39. The van der Waals surface area contributed by atoms with Gasteiger partial charge in [-0.3, -0.25) is 4.98 Å². The number of morpholine rings is 1. The lowest BCUT2D eigenvalue weighted by molar-refractivity contribution is 0.00334. The number of aromatic nitrogens is 2. The second-order valence-corrected chi connectivity index (χ2v) is 3.65. The topological polar surface area (TPSA) is 78.7 Å². The van der Waals surface area contributed by atoms with Crippen LogP contribution in [0.25, 0.3) is 0 Å². The molecule has 1 aromatic rings. The van der Waals surface area contributed by atoms with Gasteiger partial charge in [-0.1, -0.05) is 0 Å². The van der Waals surface area contributed by atoms with Crippen molar-refractivity contribution in [1.29, 1.82) is 0 Å². The van der Waals surface area contributed by atoms with Gasteiger partial charge in [-0.15, -0.1) is 0 Å². The van der Waals surface area contributed by atoms with E-state index in [1.807, 2.05) is 4.90 Å². The van der Waals surface area contributed by atoms with Crippen LogP contribution in [0.4, 0.5) is 5.82 Å². The fourth-order valence-corrected chi connectivity index (χ4v) is 1.63. The van der Waals surface area contributed by atoms with Gasteiger partial charge < -0.3 is 19.8 Å². The highest BCUT2D eigenvalue weighted by atomic mass is 16.5. The van der Waals surface area contributed by atoms with Crippen molar-refractivity contribution in [2.45, 2.75) is 12.7 Å². The van der Waals surface area contributed by atoms with Crippen molar-refractivity contribution in [3.8, 4) is 0 Å². The molecule has 2 N–H and O–H groups in total. The van der Waals surface area contributed by atoms with E-state index in [1.54, 1.807) is 12.4 Å². The van der Waals surface area contributed by atoms with Crippen LogP contribution in [0.5, 0.6) is 0 Å². The molecule has 0 amide bonds. The van der Waals surface area contributed by atoms with E-state index in [1.165, 1.54) is 0 Å². The van der Waals surface area contributed by atoms with Crippen molar-refractivity contribution >= 4 is 5.82 Å². The molecule has 1 atom stereocenters. The number of nitrogens with zero attached hydrogens (tertiary/aromatic N) is 3. The first kappa shape index (κ1) is 11.3. The number of anilines is 1. The maximum absolute atomic E-state index is 9.02. The summed E-state index contributed by atoms with van der Waals surface area (Å²) in [6, 6.07) is 0. The van der Waals surface area contributed by atoms with Crippen LogP contribution in [0.15, 0.2) is 12.4 Å². The summed E-state index contributed by atoms with van der Waals surface area (Å²) in [5.74, 6) is 0.749. The van der Waals surface area contributed by atoms with E-state index >= 15 is 0 Å². The van der Waals surface area contributed by atoms with Crippen LogP contribution in [0, 0.1) is 0 Å². The zero-order chi connectivity index (χ0) is 11.4. The third-order valence-corrected chi connectivity index (χ3v) is 2.52. The van der Waals surface area contributed by atoms with Gasteiger partial charge in [0.15, 0.2) is 0 Å². The SMILES string of the molecule is OCc1cnc(N2CCOC(CO)C2)cn1. The second kappa shape index (κ2) is 5.20. The molecule has 1 aromatic heterocycles. The Hall–Kier alpha value is -1.24. The van der Waals surface area contributed by atoms with Crippen LogP contribution >= 0.6 is 0 Å². The van der Waals surface area contributed by atoms with Gasteiger partial charge in [-0.25, -0.2) is 4.98 Å². The van der Waals surface area contributed by atoms with E-state index in [-0.39, 0.29) is 19.3 Å². The second-order valence-electron chi connectivity index (χ2n) is 3.65. The summed E-state index contributed by atoms with van der Waals surface area (Å²) < 4.78 is 5.34. The minimum atomic E-state index is -0.159. The molecular weight excluding hydrogens is 210 g/mol. The zero-order valence-corrected chi connectivity index (χ0v) is 8.91. The number of hydrogen-bond acceptors (Lipinski definition) is 6. The predicted octanol–water partition coefficient (Wildman–Crippen LogP) is -0.834. The predicted molar refractivity (Wildman–Crippen MR) is 57.0 cm³/mol. The van der Waals surface area contributed by atoms with Crippen molar-refractivity contribution in [2.75, 3.05) is 31.2 Å². The van der Waals surface area contributed by atoms with Crippen LogP contribution in [-0.4, -0.2) is 52.6 Å². The lowest BCUT2D eigenvalue weighted by Gasteiger charge is -2.32. The minimum Gasteiger partial charge on any atom is -0.394 e. The Kier molecular flexibility index (Phi) is 3.66. The quantitative estimate of drug-likeness (QED) is 0.699. The average molecular weight is 225 g/mol. The van der Waals surface area contributed by atoms with Crippen molar-refractivity contribution in [3.05, 3.63) is 18.1 Å². The van der Waals surface area contributed by atoms with E-state index in [0.29, 0.717) is 18.8 Å². The van der Waals surface area contributed by atoms with Crippen molar-refractivity contribution < 1.29 is 14.9 Å². The molecule has 6 heteroatoms. The Labute approximate surface area is 93.5 Å². The van der Waals surface area contributed by atoms with Crippen LogP contribution in [0.1, 0.15) is 5.69 Å².